The molecule has 0 radical (unpaired) electrons. The number of hydrogen-bond acceptors (Lipinski definition) is 7. The summed E-state index contributed by atoms with van der Waals surface area (Å²) in [5, 5.41) is 3.12. The second-order valence-corrected chi connectivity index (χ2v) is 11.3. The summed E-state index contributed by atoms with van der Waals surface area (Å²) in [7, 11) is -4.57. The maximum atomic E-state index is 13.5. The van der Waals surface area contributed by atoms with Gasteiger partial charge in [-0.15, -0.1) is 0 Å². The van der Waals surface area contributed by atoms with E-state index in [0.29, 0.717) is 43.2 Å². The van der Waals surface area contributed by atoms with Crippen LogP contribution in [-0.4, -0.2) is 78.1 Å². The van der Waals surface area contributed by atoms with E-state index >= 15 is 0 Å². The van der Waals surface area contributed by atoms with Crippen molar-refractivity contribution in [2.75, 3.05) is 52.7 Å². The Morgan fingerprint density at radius 2 is 1.59 bits per heavy atom. The molecule has 0 amide bonds. The number of para-hydroxylation sites is 1. The summed E-state index contributed by atoms with van der Waals surface area (Å²) in [6, 6.07) is 13.1. The van der Waals surface area contributed by atoms with Gasteiger partial charge in [0.2, 0.25) is 20.0 Å². The highest BCUT2D eigenvalue weighted by atomic mass is 32.2. The quantitative estimate of drug-likeness (QED) is 0.540. The predicted octanol–water partition coefficient (Wildman–Crippen LogP) is 1.13. The predicted molar refractivity (Wildman–Crippen MR) is 122 cm³/mol. The van der Waals surface area contributed by atoms with Crippen LogP contribution in [0.15, 0.2) is 53.4 Å². The lowest BCUT2D eigenvalue weighted by atomic mass is 10.2. The summed E-state index contributed by atoms with van der Waals surface area (Å²) in [6.07, 6.45) is 0. The fourth-order valence-corrected chi connectivity index (χ4v) is 6.46. The van der Waals surface area contributed by atoms with E-state index in [0.717, 1.165) is 0 Å². The largest absolute Gasteiger partial charge is 0.497 e. The Balaban J connectivity index is 1.89. The fraction of sp³-hybridized carbons (Fsp3) is 0.429. The average molecular weight is 484 g/mol. The molecular weight excluding hydrogens is 454 g/mol. The number of rotatable bonds is 10. The molecule has 0 aliphatic carbocycles. The van der Waals surface area contributed by atoms with Gasteiger partial charge in [0.05, 0.1) is 24.9 Å². The second-order valence-electron chi connectivity index (χ2n) is 7.29. The van der Waals surface area contributed by atoms with Gasteiger partial charge in [0.25, 0.3) is 0 Å². The van der Waals surface area contributed by atoms with Gasteiger partial charge in [-0.25, -0.2) is 16.8 Å². The van der Waals surface area contributed by atoms with Crippen LogP contribution >= 0.6 is 0 Å². The average Bonchev–Trinajstić information content (AvgIpc) is 2.82. The molecule has 1 fully saturated rings. The number of sulfonamides is 2. The van der Waals surface area contributed by atoms with Crippen LogP contribution in [-0.2, 0) is 26.6 Å². The third-order valence-electron chi connectivity index (χ3n) is 5.30. The molecule has 0 bridgehead atoms. The number of nitrogens with zero attached hydrogens (tertiary/aromatic N) is 2. The second kappa shape index (κ2) is 10.6. The molecule has 1 heterocycles. The van der Waals surface area contributed by atoms with Crippen LogP contribution in [0.1, 0.15) is 5.56 Å². The lowest BCUT2D eigenvalue weighted by molar-refractivity contribution is 0.354. The summed E-state index contributed by atoms with van der Waals surface area (Å²) >= 11 is 0. The summed E-state index contributed by atoms with van der Waals surface area (Å²) in [6.45, 7) is 1.71. The molecule has 2 aromatic carbocycles. The van der Waals surface area contributed by atoms with Crippen molar-refractivity contribution >= 4 is 20.0 Å². The van der Waals surface area contributed by atoms with E-state index in [1.54, 1.807) is 36.4 Å². The molecule has 9 nitrogen and oxygen atoms in total. The maximum absolute atomic E-state index is 13.5. The van der Waals surface area contributed by atoms with Gasteiger partial charge in [-0.1, -0.05) is 18.2 Å². The Morgan fingerprint density at radius 1 is 0.938 bits per heavy atom. The molecule has 0 spiro atoms. The zero-order chi connectivity index (χ0) is 23.2. The first-order chi connectivity index (χ1) is 15.3. The Bertz CT molecular complexity index is 1100. The van der Waals surface area contributed by atoms with Crippen molar-refractivity contribution in [3.63, 3.8) is 0 Å². The zero-order valence-electron chi connectivity index (χ0n) is 18.2. The lowest BCUT2D eigenvalue weighted by Crippen LogP contribution is -2.48. The molecule has 0 atom stereocenters. The number of hydrogen-bond donors (Lipinski definition) is 1. The Kier molecular flexibility index (Phi) is 8.12. The minimum atomic E-state index is -3.98. The molecule has 1 saturated heterocycles. The Labute approximate surface area is 190 Å². The molecule has 1 N–H and O–H groups in total. The highest BCUT2D eigenvalue weighted by molar-refractivity contribution is 7.90. The van der Waals surface area contributed by atoms with Gasteiger partial charge in [0.1, 0.15) is 11.5 Å². The van der Waals surface area contributed by atoms with Crippen molar-refractivity contribution in [3.05, 3.63) is 54.1 Å². The van der Waals surface area contributed by atoms with E-state index < -0.39 is 20.0 Å². The van der Waals surface area contributed by atoms with Crippen molar-refractivity contribution in [2.24, 2.45) is 0 Å². The van der Waals surface area contributed by atoms with E-state index in [1.807, 2.05) is 0 Å². The van der Waals surface area contributed by atoms with Gasteiger partial charge < -0.3 is 14.8 Å². The van der Waals surface area contributed by atoms with Crippen molar-refractivity contribution in [1.29, 1.82) is 0 Å². The summed E-state index contributed by atoms with van der Waals surface area (Å²) < 4.78 is 65.7. The van der Waals surface area contributed by atoms with E-state index in [1.165, 1.54) is 35.0 Å². The normalized spacial score (nSPS) is 15.6. The van der Waals surface area contributed by atoms with Crippen LogP contribution in [0.4, 0.5) is 0 Å². The van der Waals surface area contributed by atoms with E-state index in [2.05, 4.69) is 5.32 Å². The zero-order valence-corrected chi connectivity index (χ0v) is 19.9. The van der Waals surface area contributed by atoms with Crippen LogP contribution in [0.5, 0.6) is 11.5 Å². The molecule has 176 valence electrons. The lowest BCUT2D eigenvalue weighted by Gasteiger charge is -2.28. The number of ether oxygens (including phenoxy) is 2. The molecular formula is C21H29N3O6S2. The first kappa shape index (κ1) is 24.5. The van der Waals surface area contributed by atoms with Gasteiger partial charge in [0.15, 0.2) is 0 Å². The molecule has 3 rings (SSSR count). The van der Waals surface area contributed by atoms with Gasteiger partial charge in [-0.05, 0) is 30.3 Å². The summed E-state index contributed by atoms with van der Waals surface area (Å²) in [5.41, 5.74) is 0.645. The Hall–Kier alpha value is -2.18. The van der Waals surface area contributed by atoms with Crippen LogP contribution < -0.4 is 14.8 Å². The third-order valence-corrected chi connectivity index (χ3v) is 9.01. The van der Waals surface area contributed by atoms with Crippen molar-refractivity contribution in [2.45, 2.75) is 11.4 Å². The standard InChI is InChI=1S/C21H29N3O6S2/c1-29-19-7-9-20(10-8-19)32(27,28)24(17-18-5-3-4-6-21(18)30-2)15-16-31(25,26)23-13-11-22-12-14-23/h3-10,22H,11-17H2,1-2H3. The Morgan fingerprint density at radius 3 is 2.22 bits per heavy atom. The highest BCUT2D eigenvalue weighted by Gasteiger charge is 2.30. The van der Waals surface area contributed by atoms with Gasteiger partial charge in [0, 0.05) is 44.8 Å². The number of piperazine rings is 1. The van der Waals surface area contributed by atoms with Crippen LogP contribution in [0.2, 0.25) is 0 Å². The minimum Gasteiger partial charge on any atom is -0.497 e. The first-order valence-corrected chi connectivity index (χ1v) is 13.3. The third kappa shape index (κ3) is 5.78. The molecule has 1 aliphatic heterocycles. The van der Waals surface area contributed by atoms with E-state index in [9.17, 15) is 16.8 Å². The molecule has 11 heteroatoms. The van der Waals surface area contributed by atoms with Crippen LogP contribution in [0, 0.1) is 0 Å². The SMILES string of the molecule is COc1ccc(S(=O)(=O)N(CCS(=O)(=O)N2CCNCC2)Cc2ccccc2OC)cc1. The van der Waals surface area contributed by atoms with E-state index in [4.69, 9.17) is 9.47 Å². The highest BCUT2D eigenvalue weighted by Crippen LogP contribution is 2.25. The number of methoxy groups -OCH3 is 2. The number of benzene rings is 2. The fourth-order valence-electron chi connectivity index (χ4n) is 3.47. The van der Waals surface area contributed by atoms with Crippen molar-refractivity contribution in [1.82, 2.24) is 13.9 Å². The van der Waals surface area contributed by atoms with Gasteiger partial charge in [-0.2, -0.15) is 8.61 Å². The minimum absolute atomic E-state index is 0.0184. The maximum Gasteiger partial charge on any atom is 0.243 e. The molecule has 0 aromatic heterocycles. The topological polar surface area (TPSA) is 105 Å². The van der Waals surface area contributed by atoms with Crippen molar-refractivity contribution in [3.8, 4) is 11.5 Å². The monoisotopic (exact) mass is 483 g/mol. The summed E-state index contributed by atoms with van der Waals surface area (Å²) in [4.78, 5) is 0.0627. The molecule has 0 unspecified atom stereocenters. The van der Waals surface area contributed by atoms with Gasteiger partial charge >= 0.3 is 0 Å². The molecule has 32 heavy (non-hydrogen) atoms. The van der Waals surface area contributed by atoms with E-state index in [-0.39, 0.29) is 23.7 Å². The first-order valence-electron chi connectivity index (χ1n) is 10.2. The smallest absolute Gasteiger partial charge is 0.243 e. The van der Waals surface area contributed by atoms with Gasteiger partial charge in [-0.3, -0.25) is 0 Å². The molecule has 1 aliphatic rings. The van der Waals surface area contributed by atoms with Crippen LogP contribution in [0.3, 0.4) is 0 Å². The molecule has 2 aromatic rings. The number of nitrogens with one attached hydrogen (secondary N) is 1. The summed E-state index contributed by atoms with van der Waals surface area (Å²) in [5.74, 6) is 0.756. The van der Waals surface area contributed by atoms with Crippen LogP contribution in [0.25, 0.3) is 0 Å². The van der Waals surface area contributed by atoms with Crippen molar-refractivity contribution < 1.29 is 26.3 Å². The molecule has 0 saturated carbocycles.